The van der Waals surface area contributed by atoms with E-state index in [1.807, 2.05) is 23.1 Å². The molecule has 5 nitrogen and oxygen atoms in total. The summed E-state index contributed by atoms with van der Waals surface area (Å²) in [5.41, 5.74) is 2.20. The number of carbonyl (C=O) groups is 1. The molecule has 0 bridgehead atoms. The van der Waals surface area contributed by atoms with Crippen LogP contribution in [0.1, 0.15) is 12.8 Å². The van der Waals surface area contributed by atoms with Crippen LogP contribution < -0.4 is 15.1 Å². The van der Waals surface area contributed by atoms with Crippen molar-refractivity contribution in [3.8, 4) is 0 Å². The summed E-state index contributed by atoms with van der Waals surface area (Å²) in [7, 11) is 1.64. The van der Waals surface area contributed by atoms with Gasteiger partial charge in [0, 0.05) is 32.8 Å². The van der Waals surface area contributed by atoms with Crippen molar-refractivity contribution in [2.24, 2.45) is 0 Å². The Morgan fingerprint density at radius 3 is 3.00 bits per heavy atom. The van der Waals surface area contributed by atoms with Crippen molar-refractivity contribution in [2.75, 3.05) is 43.2 Å². The van der Waals surface area contributed by atoms with Crippen molar-refractivity contribution < 1.29 is 9.53 Å². The second-order valence-corrected chi connectivity index (χ2v) is 5.31. The van der Waals surface area contributed by atoms with E-state index >= 15 is 0 Å². The minimum Gasteiger partial charge on any atom is -0.383 e. The highest BCUT2D eigenvalue weighted by Gasteiger charge is 2.35. The van der Waals surface area contributed by atoms with Gasteiger partial charge >= 0.3 is 6.03 Å². The summed E-state index contributed by atoms with van der Waals surface area (Å²) in [4.78, 5) is 16.7. The average Bonchev–Trinajstić information content (AvgIpc) is 2.95. The van der Waals surface area contributed by atoms with Gasteiger partial charge in [-0.1, -0.05) is 12.1 Å². The molecule has 1 unspecified atom stereocenters. The lowest BCUT2D eigenvalue weighted by atomic mass is 10.1. The van der Waals surface area contributed by atoms with Gasteiger partial charge in [0.15, 0.2) is 0 Å². The first-order valence-electron chi connectivity index (χ1n) is 7.21. The van der Waals surface area contributed by atoms with Gasteiger partial charge in [-0.25, -0.2) is 4.79 Å². The number of methoxy groups -OCH3 is 1. The number of amides is 2. The molecular weight excluding hydrogens is 254 g/mol. The van der Waals surface area contributed by atoms with Crippen molar-refractivity contribution in [1.82, 2.24) is 5.32 Å². The van der Waals surface area contributed by atoms with Crippen LogP contribution in [0, 0.1) is 0 Å². The summed E-state index contributed by atoms with van der Waals surface area (Å²) in [6.45, 7) is 2.95. The third kappa shape index (κ3) is 2.33. The number of nitrogens with zero attached hydrogens (tertiary/aromatic N) is 2. The Bertz CT molecular complexity index is 492. The summed E-state index contributed by atoms with van der Waals surface area (Å²) in [5.74, 6) is 0. The zero-order valence-electron chi connectivity index (χ0n) is 11.8. The molecular formula is C15H21N3O2. The third-order valence-corrected chi connectivity index (χ3v) is 4.08. The summed E-state index contributed by atoms with van der Waals surface area (Å²) < 4.78 is 4.98. The maximum Gasteiger partial charge on any atom is 0.322 e. The number of anilines is 2. The van der Waals surface area contributed by atoms with E-state index in [-0.39, 0.29) is 6.03 Å². The third-order valence-electron chi connectivity index (χ3n) is 4.08. The number of hydrogen-bond acceptors (Lipinski definition) is 3. The molecule has 20 heavy (non-hydrogen) atoms. The highest BCUT2D eigenvalue weighted by Crippen LogP contribution is 2.38. The lowest BCUT2D eigenvalue weighted by Gasteiger charge is -2.40. The van der Waals surface area contributed by atoms with Crippen LogP contribution >= 0.6 is 0 Å². The largest absolute Gasteiger partial charge is 0.383 e. The number of carbonyl (C=O) groups excluding carboxylic acids is 1. The van der Waals surface area contributed by atoms with Crippen molar-refractivity contribution in [1.29, 1.82) is 0 Å². The van der Waals surface area contributed by atoms with Crippen LogP contribution in [0.5, 0.6) is 0 Å². The SMILES string of the molecule is COCCNC(=O)N1CC2CCCN2c2ccccc21. The van der Waals surface area contributed by atoms with E-state index in [2.05, 4.69) is 16.3 Å². The molecule has 2 aliphatic heterocycles. The van der Waals surface area contributed by atoms with E-state index < -0.39 is 0 Å². The monoisotopic (exact) mass is 275 g/mol. The second-order valence-electron chi connectivity index (χ2n) is 5.31. The summed E-state index contributed by atoms with van der Waals surface area (Å²) >= 11 is 0. The van der Waals surface area contributed by atoms with Gasteiger partial charge in [-0.2, -0.15) is 0 Å². The molecule has 1 aromatic carbocycles. The first kappa shape index (κ1) is 13.2. The normalized spacial score (nSPS) is 20.6. The molecule has 0 radical (unpaired) electrons. The van der Waals surface area contributed by atoms with E-state index in [4.69, 9.17) is 4.74 Å². The second kappa shape index (κ2) is 5.71. The van der Waals surface area contributed by atoms with Gasteiger partial charge in [0.1, 0.15) is 0 Å². The Balaban J connectivity index is 1.81. The van der Waals surface area contributed by atoms with Crippen molar-refractivity contribution in [2.45, 2.75) is 18.9 Å². The number of ether oxygens (including phenoxy) is 1. The molecule has 1 aromatic rings. The Labute approximate surface area is 119 Å². The lowest BCUT2D eigenvalue weighted by molar-refractivity contribution is 0.197. The van der Waals surface area contributed by atoms with Crippen molar-refractivity contribution >= 4 is 17.4 Å². The zero-order valence-corrected chi connectivity index (χ0v) is 11.8. The highest BCUT2D eigenvalue weighted by atomic mass is 16.5. The molecule has 3 rings (SSSR count). The van der Waals surface area contributed by atoms with Gasteiger partial charge in [0.05, 0.1) is 18.0 Å². The molecule has 1 N–H and O–H groups in total. The number of para-hydroxylation sites is 2. The Hall–Kier alpha value is -1.75. The summed E-state index contributed by atoms with van der Waals surface area (Å²) in [6, 6.07) is 8.60. The minimum absolute atomic E-state index is 0.0268. The van der Waals surface area contributed by atoms with Crippen LogP contribution in [0.2, 0.25) is 0 Å². The number of nitrogens with one attached hydrogen (secondary N) is 1. The average molecular weight is 275 g/mol. The van der Waals surface area contributed by atoms with E-state index in [1.54, 1.807) is 7.11 Å². The molecule has 2 aliphatic rings. The number of urea groups is 1. The lowest BCUT2D eigenvalue weighted by Crippen LogP contribution is -2.51. The van der Waals surface area contributed by atoms with Gasteiger partial charge in [0.25, 0.3) is 0 Å². The van der Waals surface area contributed by atoms with Crippen LogP contribution in [0.25, 0.3) is 0 Å². The van der Waals surface area contributed by atoms with Gasteiger partial charge in [-0.05, 0) is 25.0 Å². The highest BCUT2D eigenvalue weighted by molar-refractivity contribution is 5.97. The Morgan fingerprint density at radius 2 is 2.20 bits per heavy atom. The van der Waals surface area contributed by atoms with Crippen LogP contribution in [0.15, 0.2) is 24.3 Å². The molecule has 0 spiro atoms. The Morgan fingerprint density at radius 1 is 1.40 bits per heavy atom. The predicted octanol–water partition coefficient (Wildman–Crippen LogP) is 1.83. The quantitative estimate of drug-likeness (QED) is 0.856. The zero-order chi connectivity index (χ0) is 13.9. The first-order chi connectivity index (χ1) is 9.81. The fourth-order valence-corrected chi connectivity index (χ4v) is 3.13. The maximum absolute atomic E-state index is 12.4. The van der Waals surface area contributed by atoms with Crippen LogP contribution in [0.4, 0.5) is 16.2 Å². The Kier molecular flexibility index (Phi) is 3.78. The summed E-state index contributed by atoms with van der Waals surface area (Å²) in [5, 5.41) is 2.92. The molecule has 2 amide bonds. The smallest absolute Gasteiger partial charge is 0.322 e. The van der Waals surface area contributed by atoms with E-state index in [9.17, 15) is 4.79 Å². The molecule has 5 heteroatoms. The molecule has 1 fully saturated rings. The minimum atomic E-state index is -0.0268. The topological polar surface area (TPSA) is 44.8 Å². The number of hydrogen-bond donors (Lipinski definition) is 1. The van der Waals surface area contributed by atoms with E-state index in [1.165, 1.54) is 12.1 Å². The van der Waals surface area contributed by atoms with E-state index in [0.717, 1.165) is 25.2 Å². The van der Waals surface area contributed by atoms with Crippen LogP contribution in [-0.4, -0.2) is 45.4 Å². The number of rotatable bonds is 3. The van der Waals surface area contributed by atoms with Gasteiger partial charge in [-0.15, -0.1) is 0 Å². The van der Waals surface area contributed by atoms with E-state index in [0.29, 0.717) is 19.2 Å². The standard InChI is InChI=1S/C15H21N3O2/c1-20-10-8-16-15(19)18-11-12-5-4-9-17(12)13-6-2-3-7-14(13)18/h2-3,6-7,12H,4-5,8-11H2,1H3,(H,16,19). The number of benzene rings is 1. The van der Waals surface area contributed by atoms with Crippen molar-refractivity contribution in [3.63, 3.8) is 0 Å². The predicted molar refractivity (Wildman–Crippen MR) is 79.4 cm³/mol. The fraction of sp³-hybridized carbons (Fsp3) is 0.533. The summed E-state index contributed by atoms with van der Waals surface area (Å²) in [6.07, 6.45) is 2.37. The fourth-order valence-electron chi connectivity index (χ4n) is 3.13. The molecule has 2 heterocycles. The number of fused-ring (bicyclic) bond motifs is 3. The van der Waals surface area contributed by atoms with Gasteiger partial charge < -0.3 is 15.0 Å². The maximum atomic E-state index is 12.4. The molecule has 1 atom stereocenters. The molecule has 0 aromatic heterocycles. The van der Waals surface area contributed by atoms with Crippen LogP contribution in [-0.2, 0) is 4.74 Å². The first-order valence-corrected chi connectivity index (χ1v) is 7.21. The van der Waals surface area contributed by atoms with Gasteiger partial charge in [-0.3, -0.25) is 4.90 Å². The van der Waals surface area contributed by atoms with Gasteiger partial charge in [0.2, 0.25) is 0 Å². The molecule has 0 saturated carbocycles. The van der Waals surface area contributed by atoms with Crippen molar-refractivity contribution in [3.05, 3.63) is 24.3 Å². The molecule has 1 saturated heterocycles. The molecule has 0 aliphatic carbocycles. The van der Waals surface area contributed by atoms with Crippen LogP contribution in [0.3, 0.4) is 0 Å². The molecule has 108 valence electrons.